The Hall–Kier alpha value is -2.36. The van der Waals surface area contributed by atoms with Crippen LogP contribution in [0.3, 0.4) is 0 Å². The SMILES string of the molecule is CNC1CC=C(C2=CN3C(=O)C=C(c4ccc(OC)c(OC)c4)PC3C=C2)CC1. The highest BCUT2D eigenvalue weighted by molar-refractivity contribution is 7.51. The minimum Gasteiger partial charge on any atom is -0.493 e. The standard InChI is InChI=1S/C23H27N2O3P/c1-24-18-8-4-15(5-9-18)17-7-11-23-25(14-17)22(26)13-21(29-23)16-6-10-19(27-2)20(12-16)28-3/h4,6-7,10-14,18,23-24,29H,5,8-9H2,1-3H3. The highest BCUT2D eigenvalue weighted by atomic mass is 31.1. The molecule has 3 unspecified atom stereocenters. The van der Waals surface area contributed by atoms with Crippen LogP contribution in [-0.2, 0) is 4.79 Å². The summed E-state index contributed by atoms with van der Waals surface area (Å²) in [6, 6.07) is 6.38. The summed E-state index contributed by atoms with van der Waals surface area (Å²) >= 11 is 0. The number of nitrogens with zero attached hydrogens (tertiary/aromatic N) is 1. The van der Waals surface area contributed by atoms with E-state index in [1.165, 1.54) is 5.57 Å². The summed E-state index contributed by atoms with van der Waals surface area (Å²) in [4.78, 5) is 14.8. The Bertz CT molecular complexity index is 932. The number of amides is 1. The zero-order valence-corrected chi connectivity index (χ0v) is 18.1. The van der Waals surface area contributed by atoms with Crippen LogP contribution < -0.4 is 14.8 Å². The van der Waals surface area contributed by atoms with Crippen LogP contribution in [0.5, 0.6) is 11.5 Å². The monoisotopic (exact) mass is 410 g/mol. The molecule has 29 heavy (non-hydrogen) atoms. The lowest BCUT2D eigenvalue weighted by Crippen LogP contribution is -2.35. The van der Waals surface area contributed by atoms with Crippen LogP contribution in [0.4, 0.5) is 0 Å². The van der Waals surface area contributed by atoms with Crippen molar-refractivity contribution in [2.75, 3.05) is 21.3 Å². The van der Waals surface area contributed by atoms with Crippen LogP contribution in [0.25, 0.3) is 5.31 Å². The number of nitrogens with one attached hydrogen (secondary N) is 1. The molecule has 1 aromatic carbocycles. The van der Waals surface area contributed by atoms with Crippen LogP contribution in [0.2, 0.25) is 0 Å². The molecular formula is C23H27N2O3P. The van der Waals surface area contributed by atoms with Crippen molar-refractivity contribution in [2.24, 2.45) is 0 Å². The number of carbonyl (C=O) groups excluding carboxylic acids is 1. The number of methoxy groups -OCH3 is 2. The Morgan fingerprint density at radius 1 is 1.21 bits per heavy atom. The number of fused-ring (bicyclic) bond motifs is 1. The Morgan fingerprint density at radius 3 is 2.72 bits per heavy atom. The first-order valence-corrected chi connectivity index (χ1v) is 11.0. The Balaban J connectivity index is 1.56. The summed E-state index contributed by atoms with van der Waals surface area (Å²) in [6.45, 7) is 0. The molecule has 0 bridgehead atoms. The lowest BCUT2D eigenvalue weighted by molar-refractivity contribution is -0.123. The Kier molecular flexibility index (Phi) is 5.89. The van der Waals surface area contributed by atoms with Crippen molar-refractivity contribution >= 4 is 19.8 Å². The van der Waals surface area contributed by atoms with Gasteiger partial charge in [0.05, 0.1) is 20.0 Å². The molecule has 3 atom stereocenters. The maximum atomic E-state index is 12.9. The fraction of sp³-hybridized carbons (Fsp3) is 0.348. The molecule has 6 heteroatoms. The van der Waals surface area contributed by atoms with Crippen LogP contribution in [0.1, 0.15) is 24.8 Å². The molecule has 0 saturated carbocycles. The van der Waals surface area contributed by atoms with E-state index in [-0.39, 0.29) is 11.7 Å². The van der Waals surface area contributed by atoms with Gasteiger partial charge in [0.15, 0.2) is 11.5 Å². The van der Waals surface area contributed by atoms with Gasteiger partial charge in [0.25, 0.3) is 5.91 Å². The minimum absolute atomic E-state index is 0.0323. The molecule has 3 aliphatic rings. The highest BCUT2D eigenvalue weighted by Crippen LogP contribution is 2.46. The summed E-state index contributed by atoms with van der Waals surface area (Å²) < 4.78 is 10.7. The predicted octanol–water partition coefficient (Wildman–Crippen LogP) is 4.04. The average Bonchev–Trinajstić information content (AvgIpc) is 2.78. The van der Waals surface area contributed by atoms with Gasteiger partial charge in [-0.3, -0.25) is 4.79 Å². The van der Waals surface area contributed by atoms with Gasteiger partial charge in [0.1, 0.15) is 0 Å². The van der Waals surface area contributed by atoms with Crippen molar-refractivity contribution in [3.05, 3.63) is 65.4 Å². The number of benzene rings is 1. The van der Waals surface area contributed by atoms with E-state index in [1.54, 1.807) is 20.3 Å². The van der Waals surface area contributed by atoms with Gasteiger partial charge in [-0.1, -0.05) is 32.9 Å². The van der Waals surface area contributed by atoms with Crippen molar-refractivity contribution in [3.8, 4) is 11.5 Å². The fourth-order valence-corrected chi connectivity index (χ4v) is 5.38. The van der Waals surface area contributed by atoms with E-state index < -0.39 is 0 Å². The molecule has 4 rings (SSSR count). The first-order chi connectivity index (χ1) is 14.1. The molecule has 0 saturated heterocycles. The van der Waals surface area contributed by atoms with Crippen LogP contribution in [0.15, 0.2) is 59.8 Å². The van der Waals surface area contributed by atoms with E-state index in [0.29, 0.717) is 26.1 Å². The second-order valence-electron chi connectivity index (χ2n) is 7.40. The molecule has 1 aromatic rings. The molecule has 2 heterocycles. The second kappa shape index (κ2) is 8.56. The van der Waals surface area contributed by atoms with Crippen LogP contribution in [-0.4, -0.2) is 43.9 Å². The molecule has 0 spiro atoms. The lowest BCUT2D eigenvalue weighted by atomic mass is 9.90. The van der Waals surface area contributed by atoms with E-state index in [2.05, 4.69) is 23.5 Å². The van der Waals surface area contributed by atoms with Crippen LogP contribution in [0, 0.1) is 0 Å². The molecule has 2 aliphatic heterocycles. The highest BCUT2D eigenvalue weighted by Gasteiger charge is 2.29. The van der Waals surface area contributed by atoms with Gasteiger partial charge in [-0.25, -0.2) is 0 Å². The van der Waals surface area contributed by atoms with Gasteiger partial charge in [-0.05, 0) is 60.5 Å². The van der Waals surface area contributed by atoms with Gasteiger partial charge in [-0.15, -0.1) is 0 Å². The zero-order chi connectivity index (χ0) is 20.4. The smallest absolute Gasteiger partial charge is 0.252 e. The maximum absolute atomic E-state index is 12.9. The summed E-state index contributed by atoms with van der Waals surface area (Å²) in [5, 5.41) is 4.39. The number of ether oxygens (including phenoxy) is 2. The number of hydrogen-bond donors (Lipinski definition) is 1. The molecule has 1 amide bonds. The fourth-order valence-electron chi connectivity index (χ4n) is 4.00. The van der Waals surface area contributed by atoms with Crippen molar-refractivity contribution in [3.63, 3.8) is 0 Å². The van der Waals surface area contributed by atoms with Crippen LogP contribution >= 0.6 is 8.58 Å². The number of rotatable bonds is 5. The van der Waals surface area contributed by atoms with E-state index >= 15 is 0 Å². The number of hydrogen-bond acceptors (Lipinski definition) is 4. The largest absolute Gasteiger partial charge is 0.493 e. The summed E-state index contributed by atoms with van der Waals surface area (Å²) in [5.74, 6) is 1.48. The van der Waals surface area contributed by atoms with Gasteiger partial charge in [-0.2, -0.15) is 0 Å². The first-order valence-electron chi connectivity index (χ1n) is 9.92. The summed E-state index contributed by atoms with van der Waals surface area (Å²) in [5.41, 5.74) is 3.51. The zero-order valence-electron chi connectivity index (χ0n) is 17.1. The average molecular weight is 410 g/mol. The first kappa shape index (κ1) is 19.9. The van der Waals surface area contributed by atoms with E-state index in [9.17, 15) is 4.79 Å². The molecular weight excluding hydrogens is 383 g/mol. The quantitative estimate of drug-likeness (QED) is 0.745. The number of carbonyl (C=O) groups is 1. The molecule has 1 aliphatic carbocycles. The number of allylic oxidation sites excluding steroid dienone is 3. The molecule has 0 fully saturated rings. The van der Waals surface area contributed by atoms with Crippen molar-refractivity contribution in [1.82, 2.24) is 10.2 Å². The molecule has 0 aromatic heterocycles. The predicted molar refractivity (Wildman–Crippen MR) is 118 cm³/mol. The van der Waals surface area contributed by atoms with Crippen molar-refractivity contribution in [1.29, 1.82) is 0 Å². The van der Waals surface area contributed by atoms with Gasteiger partial charge < -0.3 is 19.7 Å². The third kappa shape index (κ3) is 4.03. The minimum atomic E-state index is 0.0323. The van der Waals surface area contributed by atoms with Gasteiger partial charge in [0.2, 0.25) is 0 Å². The van der Waals surface area contributed by atoms with E-state index in [0.717, 1.165) is 35.7 Å². The molecule has 5 nitrogen and oxygen atoms in total. The molecule has 152 valence electrons. The Labute approximate surface area is 173 Å². The molecule has 1 N–H and O–H groups in total. The lowest BCUT2D eigenvalue weighted by Gasteiger charge is -2.34. The van der Waals surface area contributed by atoms with E-state index in [1.807, 2.05) is 36.3 Å². The topological polar surface area (TPSA) is 50.8 Å². The van der Waals surface area contributed by atoms with Crippen molar-refractivity contribution in [2.45, 2.75) is 31.1 Å². The van der Waals surface area contributed by atoms with Gasteiger partial charge >= 0.3 is 0 Å². The van der Waals surface area contributed by atoms with E-state index in [4.69, 9.17) is 9.47 Å². The van der Waals surface area contributed by atoms with Crippen molar-refractivity contribution < 1.29 is 14.3 Å². The second-order valence-corrected chi connectivity index (χ2v) is 8.81. The maximum Gasteiger partial charge on any atom is 0.252 e. The Morgan fingerprint density at radius 2 is 2.03 bits per heavy atom. The third-order valence-electron chi connectivity index (χ3n) is 5.75. The third-order valence-corrected chi connectivity index (χ3v) is 7.26. The summed E-state index contributed by atoms with van der Waals surface area (Å²) in [7, 11) is 5.75. The van der Waals surface area contributed by atoms with Gasteiger partial charge in [0, 0.05) is 18.3 Å². The summed E-state index contributed by atoms with van der Waals surface area (Å²) in [6.07, 6.45) is 13.7. The normalized spacial score (nSPS) is 24.6. The molecule has 0 radical (unpaired) electrons.